The Labute approximate surface area is 84.2 Å². The highest BCUT2D eigenvalue weighted by Gasteiger charge is 2.02. The predicted octanol–water partition coefficient (Wildman–Crippen LogP) is 2.38. The fourth-order valence-corrected chi connectivity index (χ4v) is 2.03. The van der Waals surface area contributed by atoms with E-state index in [9.17, 15) is 0 Å². The summed E-state index contributed by atoms with van der Waals surface area (Å²) in [6.07, 6.45) is 4.36. The van der Waals surface area contributed by atoms with Crippen LogP contribution in [0.1, 0.15) is 37.4 Å². The summed E-state index contributed by atoms with van der Waals surface area (Å²) in [5, 5.41) is 3.40. The van der Waals surface area contributed by atoms with Gasteiger partial charge < -0.3 is 5.73 Å². The molecule has 1 atom stereocenters. The number of rotatable bonds is 5. The van der Waals surface area contributed by atoms with Crippen LogP contribution in [0.25, 0.3) is 0 Å². The third-order valence-corrected chi connectivity index (χ3v) is 2.88. The molecule has 3 heteroatoms. The minimum Gasteiger partial charge on any atom is -0.328 e. The molecule has 0 spiro atoms. The number of hydrogen-bond acceptors (Lipinski definition) is 3. The molecule has 2 N–H and O–H groups in total. The second-order valence-electron chi connectivity index (χ2n) is 3.50. The quantitative estimate of drug-likeness (QED) is 0.789. The van der Waals surface area contributed by atoms with Gasteiger partial charge in [0.05, 0.1) is 10.7 Å². The summed E-state index contributed by atoms with van der Waals surface area (Å²) in [5.41, 5.74) is 6.93. The summed E-state index contributed by atoms with van der Waals surface area (Å²) in [7, 11) is 0. The van der Waals surface area contributed by atoms with Gasteiger partial charge >= 0.3 is 0 Å². The second kappa shape index (κ2) is 5.35. The highest BCUT2D eigenvalue weighted by Crippen LogP contribution is 2.13. The van der Waals surface area contributed by atoms with Crippen molar-refractivity contribution >= 4 is 11.3 Å². The molecule has 0 saturated carbocycles. The maximum absolute atomic E-state index is 5.68. The topological polar surface area (TPSA) is 38.9 Å². The SMILES string of the molecule is CCCc1csc(CCC(C)N)n1. The molecule has 0 bridgehead atoms. The van der Waals surface area contributed by atoms with Crippen LogP contribution in [0.2, 0.25) is 0 Å². The summed E-state index contributed by atoms with van der Waals surface area (Å²) in [6, 6.07) is 0.290. The van der Waals surface area contributed by atoms with Gasteiger partial charge in [-0.05, 0) is 19.8 Å². The number of hydrogen-bond donors (Lipinski definition) is 1. The zero-order valence-corrected chi connectivity index (χ0v) is 9.23. The molecule has 1 aromatic heterocycles. The van der Waals surface area contributed by atoms with Crippen LogP contribution in [0.5, 0.6) is 0 Å². The van der Waals surface area contributed by atoms with Crippen molar-refractivity contribution in [2.45, 2.75) is 45.6 Å². The van der Waals surface area contributed by atoms with Gasteiger partial charge in [-0.1, -0.05) is 13.3 Å². The number of aryl methyl sites for hydroxylation is 2. The zero-order valence-electron chi connectivity index (χ0n) is 8.42. The smallest absolute Gasteiger partial charge is 0.0928 e. The van der Waals surface area contributed by atoms with Crippen LogP contribution in [0.4, 0.5) is 0 Å². The highest BCUT2D eigenvalue weighted by molar-refractivity contribution is 7.09. The molecule has 0 aliphatic rings. The van der Waals surface area contributed by atoms with Crippen molar-refractivity contribution in [1.82, 2.24) is 4.98 Å². The van der Waals surface area contributed by atoms with Crippen molar-refractivity contribution in [3.05, 3.63) is 16.1 Å². The molecular formula is C10H18N2S. The Bertz CT molecular complexity index is 243. The number of nitrogens with two attached hydrogens (primary N) is 1. The first-order valence-corrected chi connectivity index (χ1v) is 5.79. The van der Waals surface area contributed by atoms with Crippen molar-refractivity contribution in [3.8, 4) is 0 Å². The maximum Gasteiger partial charge on any atom is 0.0928 e. The van der Waals surface area contributed by atoms with Crippen molar-refractivity contribution in [1.29, 1.82) is 0 Å². The molecular weight excluding hydrogens is 180 g/mol. The fourth-order valence-electron chi connectivity index (χ4n) is 1.19. The average Bonchev–Trinajstić information content (AvgIpc) is 2.50. The molecule has 2 nitrogen and oxygen atoms in total. The van der Waals surface area contributed by atoms with Crippen LogP contribution < -0.4 is 5.73 Å². The Morgan fingerprint density at radius 1 is 1.54 bits per heavy atom. The first kappa shape index (κ1) is 10.7. The first-order valence-electron chi connectivity index (χ1n) is 4.91. The van der Waals surface area contributed by atoms with Gasteiger partial charge in [0.1, 0.15) is 0 Å². The Morgan fingerprint density at radius 2 is 2.31 bits per heavy atom. The van der Waals surface area contributed by atoms with Crippen molar-refractivity contribution in [3.63, 3.8) is 0 Å². The van der Waals surface area contributed by atoms with Crippen LogP contribution in [-0.2, 0) is 12.8 Å². The molecule has 1 unspecified atom stereocenters. The number of thiazole rings is 1. The molecule has 1 aromatic rings. The lowest BCUT2D eigenvalue weighted by Crippen LogP contribution is -2.15. The van der Waals surface area contributed by atoms with E-state index in [0.717, 1.165) is 19.3 Å². The third-order valence-electron chi connectivity index (χ3n) is 1.92. The first-order chi connectivity index (χ1) is 6.22. The van der Waals surface area contributed by atoms with Gasteiger partial charge in [0.25, 0.3) is 0 Å². The third kappa shape index (κ3) is 3.87. The van der Waals surface area contributed by atoms with Crippen molar-refractivity contribution < 1.29 is 0 Å². The van der Waals surface area contributed by atoms with Crippen LogP contribution in [-0.4, -0.2) is 11.0 Å². The van der Waals surface area contributed by atoms with E-state index in [2.05, 4.69) is 17.3 Å². The second-order valence-corrected chi connectivity index (χ2v) is 4.44. The number of nitrogens with zero attached hydrogens (tertiary/aromatic N) is 1. The van der Waals surface area contributed by atoms with Crippen LogP contribution >= 0.6 is 11.3 Å². The normalized spacial score (nSPS) is 13.2. The molecule has 1 heterocycles. The summed E-state index contributed by atoms with van der Waals surface area (Å²) in [5.74, 6) is 0. The molecule has 0 saturated heterocycles. The molecule has 0 fully saturated rings. The molecule has 13 heavy (non-hydrogen) atoms. The molecule has 0 radical (unpaired) electrons. The molecule has 74 valence electrons. The highest BCUT2D eigenvalue weighted by atomic mass is 32.1. The van der Waals surface area contributed by atoms with Gasteiger partial charge in [-0.3, -0.25) is 0 Å². The lowest BCUT2D eigenvalue weighted by atomic mass is 10.2. The van der Waals surface area contributed by atoms with E-state index in [0.29, 0.717) is 6.04 Å². The largest absolute Gasteiger partial charge is 0.328 e. The summed E-state index contributed by atoms with van der Waals surface area (Å²) >= 11 is 1.76. The van der Waals surface area contributed by atoms with Gasteiger partial charge in [0.15, 0.2) is 0 Å². The van der Waals surface area contributed by atoms with Gasteiger partial charge in [-0.2, -0.15) is 0 Å². The summed E-state index contributed by atoms with van der Waals surface area (Å²) in [4.78, 5) is 4.53. The number of aromatic nitrogens is 1. The molecule has 1 rings (SSSR count). The van der Waals surface area contributed by atoms with E-state index in [1.807, 2.05) is 6.92 Å². The van der Waals surface area contributed by atoms with Crippen molar-refractivity contribution in [2.75, 3.05) is 0 Å². The standard InChI is InChI=1S/C10H18N2S/c1-3-4-9-7-13-10(12-9)6-5-8(2)11/h7-8H,3-6,11H2,1-2H3. The van der Waals surface area contributed by atoms with E-state index in [4.69, 9.17) is 5.73 Å². The zero-order chi connectivity index (χ0) is 9.68. The van der Waals surface area contributed by atoms with E-state index in [-0.39, 0.29) is 0 Å². The van der Waals surface area contributed by atoms with E-state index in [1.54, 1.807) is 11.3 Å². The molecule has 0 aliphatic carbocycles. The van der Waals surface area contributed by atoms with E-state index in [1.165, 1.54) is 17.1 Å². The monoisotopic (exact) mass is 198 g/mol. The molecule has 0 amide bonds. The lowest BCUT2D eigenvalue weighted by molar-refractivity contribution is 0.663. The minimum absolute atomic E-state index is 0.290. The summed E-state index contributed by atoms with van der Waals surface area (Å²) < 4.78 is 0. The predicted molar refractivity (Wildman–Crippen MR) is 58.1 cm³/mol. The van der Waals surface area contributed by atoms with Crippen LogP contribution in [0.15, 0.2) is 5.38 Å². The minimum atomic E-state index is 0.290. The molecule has 0 aliphatic heterocycles. The van der Waals surface area contributed by atoms with E-state index < -0.39 is 0 Å². The fraction of sp³-hybridized carbons (Fsp3) is 0.700. The maximum atomic E-state index is 5.68. The van der Waals surface area contributed by atoms with Gasteiger partial charge in [-0.25, -0.2) is 4.98 Å². The van der Waals surface area contributed by atoms with Gasteiger partial charge in [0, 0.05) is 17.8 Å². The van der Waals surface area contributed by atoms with E-state index >= 15 is 0 Å². The van der Waals surface area contributed by atoms with Crippen LogP contribution in [0, 0.1) is 0 Å². The van der Waals surface area contributed by atoms with Crippen LogP contribution in [0.3, 0.4) is 0 Å². The van der Waals surface area contributed by atoms with Gasteiger partial charge in [0.2, 0.25) is 0 Å². The Kier molecular flexibility index (Phi) is 4.39. The van der Waals surface area contributed by atoms with Gasteiger partial charge in [-0.15, -0.1) is 11.3 Å². The average molecular weight is 198 g/mol. The Morgan fingerprint density at radius 3 is 2.92 bits per heavy atom. The Hall–Kier alpha value is -0.410. The Balaban J connectivity index is 2.39. The lowest BCUT2D eigenvalue weighted by Gasteiger charge is -2.00. The van der Waals surface area contributed by atoms with Crippen molar-refractivity contribution in [2.24, 2.45) is 5.73 Å². The summed E-state index contributed by atoms with van der Waals surface area (Å²) in [6.45, 7) is 4.22. The molecule has 0 aromatic carbocycles.